The quantitative estimate of drug-likeness (QED) is 0.419. The molecule has 33 heavy (non-hydrogen) atoms. The van der Waals surface area contributed by atoms with Gasteiger partial charge in [-0.05, 0) is 48.7 Å². The first-order valence-corrected chi connectivity index (χ1v) is 13.7. The molecular formula is C25H24N2O4S2. The van der Waals surface area contributed by atoms with Crippen LogP contribution in [0.2, 0.25) is 0 Å². The summed E-state index contributed by atoms with van der Waals surface area (Å²) in [4.78, 5) is 0.381. The predicted molar refractivity (Wildman–Crippen MR) is 128 cm³/mol. The van der Waals surface area contributed by atoms with Crippen LogP contribution in [0.25, 0.3) is 10.9 Å². The van der Waals surface area contributed by atoms with Gasteiger partial charge in [-0.3, -0.25) is 0 Å². The van der Waals surface area contributed by atoms with Gasteiger partial charge in [-0.1, -0.05) is 61.5 Å². The molecule has 8 heteroatoms. The summed E-state index contributed by atoms with van der Waals surface area (Å²) in [5.41, 5.74) is 2.01. The molecule has 3 aromatic carbocycles. The van der Waals surface area contributed by atoms with E-state index in [-0.39, 0.29) is 9.79 Å². The Morgan fingerprint density at radius 2 is 1.30 bits per heavy atom. The summed E-state index contributed by atoms with van der Waals surface area (Å²) < 4.78 is 57.7. The number of aromatic nitrogens is 1. The fourth-order valence-corrected chi connectivity index (χ4v) is 8.09. The van der Waals surface area contributed by atoms with Crippen LogP contribution >= 0.6 is 0 Å². The summed E-state index contributed by atoms with van der Waals surface area (Å²) in [6, 6.07) is 23.4. The number of sulfonamides is 1. The van der Waals surface area contributed by atoms with Gasteiger partial charge in [-0.2, -0.15) is 4.31 Å². The second kappa shape index (κ2) is 8.13. The van der Waals surface area contributed by atoms with E-state index >= 15 is 0 Å². The van der Waals surface area contributed by atoms with E-state index in [9.17, 15) is 16.8 Å². The molecule has 0 aliphatic carbocycles. The van der Waals surface area contributed by atoms with Crippen LogP contribution in [0.4, 0.5) is 0 Å². The smallest absolute Gasteiger partial charge is 0.236 e. The molecule has 1 aromatic heterocycles. The lowest BCUT2D eigenvalue weighted by molar-refractivity contribution is 0.294. The van der Waals surface area contributed by atoms with E-state index in [1.54, 1.807) is 66.7 Å². The first-order chi connectivity index (χ1) is 15.9. The first-order valence-electron chi connectivity index (χ1n) is 10.9. The maximum Gasteiger partial charge on any atom is 0.268 e. The Kier molecular flexibility index (Phi) is 5.39. The molecule has 1 unspecified atom stereocenters. The van der Waals surface area contributed by atoms with Crippen molar-refractivity contribution in [3.63, 3.8) is 0 Å². The molecule has 170 valence electrons. The zero-order valence-electron chi connectivity index (χ0n) is 18.1. The predicted octanol–water partition coefficient (Wildman–Crippen LogP) is 4.58. The molecule has 0 N–H and O–H groups in total. The van der Waals surface area contributed by atoms with Crippen LogP contribution in [0.3, 0.4) is 0 Å². The number of nitrogens with zero attached hydrogens (tertiary/aromatic N) is 2. The van der Waals surface area contributed by atoms with Gasteiger partial charge in [0.05, 0.1) is 27.0 Å². The Labute approximate surface area is 194 Å². The van der Waals surface area contributed by atoms with Crippen LogP contribution in [0.5, 0.6) is 0 Å². The average Bonchev–Trinajstić information content (AvgIpc) is 3.20. The van der Waals surface area contributed by atoms with Crippen molar-refractivity contribution < 1.29 is 16.8 Å². The van der Waals surface area contributed by atoms with E-state index in [0.717, 1.165) is 10.9 Å². The summed E-state index contributed by atoms with van der Waals surface area (Å²) in [5, 5.41) is 0.849. The van der Waals surface area contributed by atoms with Crippen molar-refractivity contribution in [1.29, 1.82) is 0 Å². The Bertz CT molecular complexity index is 1530. The lowest BCUT2D eigenvalue weighted by Crippen LogP contribution is -2.41. The van der Waals surface area contributed by atoms with Gasteiger partial charge in [0.2, 0.25) is 10.0 Å². The maximum atomic E-state index is 13.9. The van der Waals surface area contributed by atoms with Gasteiger partial charge >= 0.3 is 0 Å². The van der Waals surface area contributed by atoms with Gasteiger partial charge in [0.1, 0.15) is 0 Å². The normalized spacial score (nSPS) is 17.2. The third-order valence-electron chi connectivity index (χ3n) is 6.24. The third-order valence-corrected chi connectivity index (χ3v) is 9.90. The van der Waals surface area contributed by atoms with Crippen molar-refractivity contribution in [2.24, 2.45) is 0 Å². The van der Waals surface area contributed by atoms with Gasteiger partial charge in [-0.25, -0.2) is 20.8 Å². The first kappa shape index (κ1) is 21.9. The van der Waals surface area contributed by atoms with Crippen molar-refractivity contribution in [2.75, 3.05) is 6.54 Å². The van der Waals surface area contributed by atoms with Crippen LogP contribution in [0.1, 0.15) is 30.6 Å². The van der Waals surface area contributed by atoms with Crippen LogP contribution in [-0.2, 0) is 26.5 Å². The van der Waals surface area contributed by atoms with E-state index in [1.807, 2.05) is 25.1 Å². The summed E-state index contributed by atoms with van der Waals surface area (Å²) in [6.45, 7) is 2.19. The van der Waals surface area contributed by atoms with E-state index in [1.165, 1.54) is 8.28 Å². The molecule has 0 bridgehead atoms. The summed E-state index contributed by atoms with van der Waals surface area (Å²) in [7, 11) is -7.75. The lowest BCUT2D eigenvalue weighted by Gasteiger charge is -2.35. The van der Waals surface area contributed by atoms with Crippen LogP contribution in [0.15, 0.2) is 94.7 Å². The molecular weight excluding hydrogens is 456 g/mol. The van der Waals surface area contributed by atoms with E-state index < -0.39 is 26.1 Å². The molecule has 5 rings (SSSR count). The molecule has 0 saturated carbocycles. The minimum atomic E-state index is -3.95. The standard InChI is InChI=1S/C25H24N2O4S2/c1-2-23-25-22(17-18-26(23)32(28,29)19-11-5-3-6-12-19)21-15-9-10-16-24(21)27(25)33(30,31)20-13-7-4-8-14-20/h3-16,23H,2,17-18H2,1H3. The monoisotopic (exact) mass is 480 g/mol. The highest BCUT2D eigenvalue weighted by Gasteiger charge is 2.41. The second-order valence-corrected chi connectivity index (χ2v) is 11.7. The van der Waals surface area contributed by atoms with Crippen molar-refractivity contribution in [1.82, 2.24) is 8.28 Å². The molecule has 4 aromatic rings. The largest absolute Gasteiger partial charge is 0.268 e. The van der Waals surface area contributed by atoms with Crippen molar-refractivity contribution in [2.45, 2.75) is 35.6 Å². The van der Waals surface area contributed by atoms with Gasteiger partial charge in [-0.15, -0.1) is 0 Å². The fraction of sp³-hybridized carbons (Fsp3) is 0.200. The Morgan fingerprint density at radius 1 is 0.758 bits per heavy atom. The van der Waals surface area contributed by atoms with Gasteiger partial charge in [0, 0.05) is 11.9 Å². The Morgan fingerprint density at radius 3 is 1.91 bits per heavy atom. The Balaban J connectivity index is 1.78. The minimum Gasteiger partial charge on any atom is -0.236 e. The molecule has 1 atom stereocenters. The zero-order chi connectivity index (χ0) is 23.2. The summed E-state index contributed by atoms with van der Waals surface area (Å²) in [6.07, 6.45) is 0.884. The van der Waals surface area contributed by atoms with Crippen molar-refractivity contribution >= 4 is 30.9 Å². The van der Waals surface area contributed by atoms with Crippen LogP contribution in [0, 0.1) is 0 Å². The van der Waals surface area contributed by atoms with E-state index in [4.69, 9.17) is 0 Å². The molecule has 0 radical (unpaired) electrons. The molecule has 0 amide bonds. The van der Waals surface area contributed by atoms with Crippen molar-refractivity contribution in [3.8, 4) is 0 Å². The third kappa shape index (κ3) is 3.40. The topological polar surface area (TPSA) is 76.5 Å². The van der Waals surface area contributed by atoms with Crippen molar-refractivity contribution in [3.05, 3.63) is 96.2 Å². The number of benzene rings is 3. The summed E-state index contributed by atoms with van der Waals surface area (Å²) >= 11 is 0. The number of hydrogen-bond donors (Lipinski definition) is 0. The Hall–Kier alpha value is -2.94. The lowest BCUT2D eigenvalue weighted by atomic mass is 9.98. The number of hydrogen-bond acceptors (Lipinski definition) is 4. The molecule has 0 fully saturated rings. The van der Waals surface area contributed by atoms with Gasteiger partial charge < -0.3 is 0 Å². The van der Waals surface area contributed by atoms with E-state index in [2.05, 4.69) is 0 Å². The van der Waals surface area contributed by atoms with Gasteiger partial charge in [0.15, 0.2) is 0 Å². The summed E-state index contributed by atoms with van der Waals surface area (Å²) in [5.74, 6) is 0. The minimum absolute atomic E-state index is 0.173. The second-order valence-electron chi connectivity index (χ2n) is 8.07. The molecule has 0 saturated heterocycles. The highest BCUT2D eigenvalue weighted by Crippen LogP contribution is 2.42. The van der Waals surface area contributed by atoms with E-state index in [0.29, 0.717) is 30.6 Å². The molecule has 2 heterocycles. The fourth-order valence-electron chi connectivity index (χ4n) is 4.78. The van der Waals surface area contributed by atoms with Crippen LogP contribution < -0.4 is 0 Å². The zero-order valence-corrected chi connectivity index (χ0v) is 19.8. The number of para-hydroxylation sites is 1. The highest BCUT2D eigenvalue weighted by molar-refractivity contribution is 7.90. The average molecular weight is 481 g/mol. The number of fused-ring (bicyclic) bond motifs is 3. The highest BCUT2D eigenvalue weighted by atomic mass is 32.2. The maximum absolute atomic E-state index is 13.9. The number of rotatable bonds is 5. The van der Waals surface area contributed by atoms with Crippen LogP contribution in [-0.4, -0.2) is 31.7 Å². The molecule has 6 nitrogen and oxygen atoms in total. The molecule has 1 aliphatic heterocycles. The SMILES string of the molecule is CCC1c2c(c3ccccc3n2S(=O)(=O)c2ccccc2)CCN1S(=O)(=O)c1ccccc1. The molecule has 0 spiro atoms. The molecule has 1 aliphatic rings. The van der Waals surface area contributed by atoms with Gasteiger partial charge in [0.25, 0.3) is 10.0 Å².